The van der Waals surface area contributed by atoms with Gasteiger partial charge in [-0.1, -0.05) is 47.1 Å². The predicted molar refractivity (Wildman–Crippen MR) is 110 cm³/mol. The molecule has 4 rings (SSSR count). The molecule has 9 nitrogen and oxygen atoms in total. The van der Waals surface area contributed by atoms with Gasteiger partial charge in [-0.2, -0.15) is 4.98 Å². The molecule has 0 fully saturated rings. The molecular formula is C21H20N4O5S. The SMILES string of the molecule is Cc1ccc(-c2noc([C@H](C)NC(=O)CCN3C(=O)c4ccccc4S3(=O)=O)n2)cc1. The highest BCUT2D eigenvalue weighted by Crippen LogP contribution is 2.29. The van der Waals surface area contributed by atoms with Gasteiger partial charge in [-0.25, -0.2) is 12.7 Å². The maximum Gasteiger partial charge on any atom is 0.269 e. The van der Waals surface area contributed by atoms with E-state index >= 15 is 0 Å². The monoisotopic (exact) mass is 440 g/mol. The van der Waals surface area contributed by atoms with E-state index in [0.717, 1.165) is 15.4 Å². The molecule has 1 aliphatic rings. The Morgan fingerprint density at radius 1 is 1.16 bits per heavy atom. The fourth-order valence-electron chi connectivity index (χ4n) is 3.26. The van der Waals surface area contributed by atoms with Gasteiger partial charge in [0.25, 0.3) is 15.9 Å². The van der Waals surface area contributed by atoms with Crippen molar-refractivity contribution in [1.82, 2.24) is 19.8 Å². The summed E-state index contributed by atoms with van der Waals surface area (Å²) in [5, 5.41) is 6.63. The van der Waals surface area contributed by atoms with Crippen LogP contribution in [0.4, 0.5) is 0 Å². The number of hydrogen-bond acceptors (Lipinski definition) is 7. The van der Waals surface area contributed by atoms with Crippen LogP contribution in [0.1, 0.15) is 41.2 Å². The van der Waals surface area contributed by atoms with Crippen molar-refractivity contribution in [3.05, 3.63) is 65.5 Å². The summed E-state index contributed by atoms with van der Waals surface area (Å²) in [4.78, 5) is 29.0. The number of aryl methyl sites for hydroxylation is 1. The molecule has 0 saturated heterocycles. The zero-order valence-electron chi connectivity index (χ0n) is 16.9. The summed E-state index contributed by atoms with van der Waals surface area (Å²) in [6, 6.07) is 13.0. The first kappa shape index (κ1) is 20.7. The van der Waals surface area contributed by atoms with E-state index in [1.165, 1.54) is 12.1 Å². The Balaban J connectivity index is 1.37. The van der Waals surface area contributed by atoms with Crippen LogP contribution in [0.2, 0.25) is 0 Å². The van der Waals surface area contributed by atoms with E-state index in [1.807, 2.05) is 31.2 Å². The lowest BCUT2D eigenvalue weighted by molar-refractivity contribution is -0.121. The Morgan fingerprint density at radius 2 is 1.87 bits per heavy atom. The average molecular weight is 440 g/mol. The van der Waals surface area contributed by atoms with Crippen LogP contribution in [0.25, 0.3) is 11.4 Å². The normalized spacial score (nSPS) is 15.5. The Hall–Kier alpha value is -3.53. The average Bonchev–Trinajstić information content (AvgIpc) is 3.30. The lowest BCUT2D eigenvalue weighted by Crippen LogP contribution is -2.35. The van der Waals surface area contributed by atoms with E-state index in [4.69, 9.17) is 4.52 Å². The van der Waals surface area contributed by atoms with Gasteiger partial charge in [0.1, 0.15) is 10.9 Å². The van der Waals surface area contributed by atoms with Gasteiger partial charge in [0, 0.05) is 18.5 Å². The Morgan fingerprint density at radius 3 is 2.58 bits per heavy atom. The molecule has 1 atom stereocenters. The van der Waals surface area contributed by atoms with E-state index in [2.05, 4.69) is 15.5 Å². The highest BCUT2D eigenvalue weighted by molar-refractivity contribution is 7.90. The van der Waals surface area contributed by atoms with Crippen LogP contribution in [0, 0.1) is 6.92 Å². The summed E-state index contributed by atoms with van der Waals surface area (Å²) >= 11 is 0. The number of fused-ring (bicyclic) bond motifs is 1. The lowest BCUT2D eigenvalue weighted by atomic mass is 10.1. The zero-order valence-corrected chi connectivity index (χ0v) is 17.7. The smallest absolute Gasteiger partial charge is 0.269 e. The van der Waals surface area contributed by atoms with Crippen molar-refractivity contribution < 1.29 is 22.5 Å². The second-order valence-electron chi connectivity index (χ2n) is 7.24. The van der Waals surface area contributed by atoms with Gasteiger partial charge in [0.2, 0.25) is 17.6 Å². The molecule has 0 radical (unpaired) electrons. The first-order valence-electron chi connectivity index (χ1n) is 9.63. The van der Waals surface area contributed by atoms with Gasteiger partial charge in [-0.15, -0.1) is 0 Å². The van der Waals surface area contributed by atoms with Crippen molar-refractivity contribution in [2.45, 2.75) is 31.2 Å². The molecule has 2 aromatic carbocycles. The molecule has 0 spiro atoms. The maximum atomic E-state index is 12.5. The predicted octanol–water partition coefficient (Wildman–Crippen LogP) is 2.46. The van der Waals surface area contributed by atoms with Gasteiger partial charge >= 0.3 is 0 Å². The Labute approximate surface area is 179 Å². The standard InChI is InChI=1S/C21H20N4O5S/c1-13-7-9-15(10-8-13)19-23-20(30-24-19)14(2)22-18(26)11-12-25-21(27)16-5-3-4-6-17(16)31(25,28)29/h3-10,14H,11-12H2,1-2H3,(H,22,26)/t14-/m0/s1. The van der Waals surface area contributed by atoms with E-state index in [0.29, 0.717) is 5.82 Å². The molecule has 1 N–H and O–H groups in total. The summed E-state index contributed by atoms with van der Waals surface area (Å²) in [6.45, 7) is 3.40. The number of nitrogens with zero attached hydrogens (tertiary/aromatic N) is 3. The number of sulfonamides is 1. The molecule has 1 aromatic heterocycles. The summed E-state index contributed by atoms with van der Waals surface area (Å²) in [7, 11) is -3.94. The van der Waals surface area contributed by atoms with E-state index in [-0.39, 0.29) is 29.3 Å². The molecular weight excluding hydrogens is 420 g/mol. The largest absolute Gasteiger partial charge is 0.345 e. The number of aromatic nitrogens is 2. The van der Waals surface area contributed by atoms with Crippen molar-refractivity contribution in [2.24, 2.45) is 0 Å². The van der Waals surface area contributed by atoms with E-state index in [1.54, 1.807) is 19.1 Å². The molecule has 10 heteroatoms. The molecule has 2 heterocycles. The second-order valence-corrected chi connectivity index (χ2v) is 9.07. The molecule has 0 saturated carbocycles. The minimum Gasteiger partial charge on any atom is -0.345 e. The summed E-state index contributed by atoms with van der Waals surface area (Å²) < 4.78 is 31.1. The molecule has 0 bridgehead atoms. The van der Waals surface area contributed by atoms with Gasteiger partial charge in [-0.05, 0) is 26.0 Å². The van der Waals surface area contributed by atoms with Gasteiger partial charge in [-0.3, -0.25) is 9.59 Å². The van der Waals surface area contributed by atoms with Crippen LogP contribution >= 0.6 is 0 Å². The van der Waals surface area contributed by atoms with Crippen molar-refractivity contribution >= 4 is 21.8 Å². The topological polar surface area (TPSA) is 122 Å². The summed E-state index contributed by atoms with van der Waals surface area (Å²) in [6.07, 6.45) is -0.192. The zero-order chi connectivity index (χ0) is 22.2. The van der Waals surface area contributed by atoms with Crippen LogP contribution in [0.3, 0.4) is 0 Å². The number of hydrogen-bond donors (Lipinski definition) is 1. The van der Waals surface area contributed by atoms with Gasteiger partial charge < -0.3 is 9.84 Å². The van der Waals surface area contributed by atoms with E-state index < -0.39 is 27.9 Å². The summed E-state index contributed by atoms with van der Waals surface area (Å²) in [5.41, 5.74) is 2.01. The van der Waals surface area contributed by atoms with Gasteiger partial charge in [0.15, 0.2) is 0 Å². The molecule has 3 aromatic rings. The maximum absolute atomic E-state index is 12.5. The molecule has 1 aliphatic heterocycles. The first-order valence-corrected chi connectivity index (χ1v) is 11.1. The molecule has 0 aliphatic carbocycles. The third-order valence-electron chi connectivity index (χ3n) is 4.95. The van der Waals surface area contributed by atoms with Crippen molar-refractivity contribution in [3.8, 4) is 11.4 Å². The Kier molecular flexibility index (Phi) is 5.32. The number of nitrogens with one attached hydrogen (secondary N) is 1. The highest BCUT2D eigenvalue weighted by Gasteiger charge is 2.40. The number of carbonyl (C=O) groups is 2. The first-order chi connectivity index (χ1) is 14.8. The fraction of sp³-hybridized carbons (Fsp3) is 0.238. The van der Waals surface area contributed by atoms with Gasteiger partial charge in [0.05, 0.1) is 5.56 Å². The molecule has 0 unspecified atom stereocenters. The Bertz CT molecular complexity index is 1250. The second kappa shape index (κ2) is 7.95. The molecule has 160 valence electrons. The van der Waals surface area contributed by atoms with Crippen LogP contribution in [-0.2, 0) is 14.8 Å². The lowest BCUT2D eigenvalue weighted by Gasteiger charge is -2.15. The minimum atomic E-state index is -3.94. The molecule has 2 amide bonds. The third-order valence-corrected chi connectivity index (χ3v) is 6.79. The van der Waals surface area contributed by atoms with Crippen molar-refractivity contribution in [1.29, 1.82) is 0 Å². The van der Waals surface area contributed by atoms with Crippen molar-refractivity contribution in [2.75, 3.05) is 6.54 Å². The third kappa shape index (κ3) is 3.93. The number of carbonyl (C=O) groups excluding carboxylic acids is 2. The van der Waals surface area contributed by atoms with Crippen LogP contribution in [0.5, 0.6) is 0 Å². The van der Waals surface area contributed by atoms with Crippen LogP contribution < -0.4 is 5.32 Å². The van der Waals surface area contributed by atoms with Crippen LogP contribution in [0.15, 0.2) is 57.9 Å². The van der Waals surface area contributed by atoms with Crippen molar-refractivity contribution in [3.63, 3.8) is 0 Å². The number of rotatable bonds is 6. The summed E-state index contributed by atoms with van der Waals surface area (Å²) in [5.74, 6) is -0.443. The highest BCUT2D eigenvalue weighted by atomic mass is 32.2. The quantitative estimate of drug-likeness (QED) is 0.625. The minimum absolute atomic E-state index is 0.0386. The molecule has 31 heavy (non-hydrogen) atoms. The number of benzene rings is 2. The van der Waals surface area contributed by atoms with Crippen LogP contribution in [-0.4, -0.2) is 41.2 Å². The fourth-order valence-corrected chi connectivity index (χ4v) is 4.83. The van der Waals surface area contributed by atoms with E-state index in [9.17, 15) is 18.0 Å². The number of amides is 2.